The van der Waals surface area contributed by atoms with Gasteiger partial charge in [0.05, 0.1) is 11.9 Å². The number of benzene rings is 1. The van der Waals surface area contributed by atoms with E-state index in [1.54, 1.807) is 13.2 Å². The third-order valence-electron chi connectivity index (χ3n) is 3.44. The Kier molecular flexibility index (Phi) is 5.01. The third-order valence-corrected chi connectivity index (χ3v) is 4.18. The highest BCUT2D eigenvalue weighted by Gasteiger charge is 2.11. The van der Waals surface area contributed by atoms with Crippen LogP contribution in [0.3, 0.4) is 0 Å². The molecule has 0 fully saturated rings. The second kappa shape index (κ2) is 6.76. The molecule has 0 N–H and O–H groups in total. The van der Waals surface area contributed by atoms with Crippen LogP contribution in [0.1, 0.15) is 0 Å². The molecule has 0 atom stereocenters. The highest BCUT2D eigenvalue weighted by Crippen LogP contribution is 2.20. The molecule has 21 heavy (non-hydrogen) atoms. The Labute approximate surface area is 132 Å². The number of aromatic nitrogens is 2. The first-order valence-corrected chi connectivity index (χ1v) is 7.49. The van der Waals surface area contributed by atoms with Crippen LogP contribution in [0.25, 0.3) is 0 Å². The highest BCUT2D eigenvalue weighted by atomic mass is 79.9. The van der Waals surface area contributed by atoms with E-state index in [0.717, 1.165) is 18.8 Å². The van der Waals surface area contributed by atoms with Gasteiger partial charge < -0.3 is 9.80 Å². The lowest BCUT2D eigenvalue weighted by Crippen LogP contribution is -2.32. The number of anilines is 2. The Bertz CT molecular complexity index is 656. The molecule has 2 rings (SSSR count). The number of aryl methyl sites for hydroxylation is 1. The molecule has 0 saturated carbocycles. The average molecular weight is 351 g/mol. The first-order valence-electron chi connectivity index (χ1n) is 6.70. The fraction of sp³-hybridized carbons (Fsp3) is 0.333. The Balaban J connectivity index is 2.04. The summed E-state index contributed by atoms with van der Waals surface area (Å²) in [5, 5.41) is 4.06. The normalized spacial score (nSPS) is 10.5. The largest absolute Gasteiger partial charge is 0.373 e. The van der Waals surface area contributed by atoms with Gasteiger partial charge in [0.1, 0.15) is 4.47 Å². The Morgan fingerprint density at radius 2 is 1.76 bits per heavy atom. The van der Waals surface area contributed by atoms with Crippen LogP contribution in [0.15, 0.2) is 45.8 Å². The summed E-state index contributed by atoms with van der Waals surface area (Å²) in [5.74, 6) is 0. The zero-order valence-electron chi connectivity index (χ0n) is 12.5. The molecule has 6 heteroatoms. The van der Waals surface area contributed by atoms with Gasteiger partial charge in [0.15, 0.2) is 0 Å². The summed E-state index contributed by atoms with van der Waals surface area (Å²) in [7, 11) is 5.65. The van der Waals surface area contributed by atoms with Gasteiger partial charge in [-0.25, -0.2) is 4.68 Å². The summed E-state index contributed by atoms with van der Waals surface area (Å²) in [6.07, 6.45) is 1.70. The second-order valence-corrected chi connectivity index (χ2v) is 5.74. The van der Waals surface area contributed by atoms with Crippen molar-refractivity contribution in [3.8, 4) is 0 Å². The van der Waals surface area contributed by atoms with Gasteiger partial charge in [-0.05, 0) is 28.1 Å². The molecule has 0 saturated heterocycles. The van der Waals surface area contributed by atoms with E-state index in [4.69, 9.17) is 0 Å². The summed E-state index contributed by atoms with van der Waals surface area (Å²) in [4.78, 5) is 16.1. The van der Waals surface area contributed by atoms with Crippen molar-refractivity contribution in [2.45, 2.75) is 0 Å². The van der Waals surface area contributed by atoms with Crippen LogP contribution in [0, 0.1) is 0 Å². The number of hydrogen-bond acceptors (Lipinski definition) is 4. The van der Waals surface area contributed by atoms with Gasteiger partial charge >= 0.3 is 0 Å². The molecule has 0 aliphatic heterocycles. The van der Waals surface area contributed by atoms with Crippen molar-refractivity contribution in [3.05, 3.63) is 51.4 Å². The van der Waals surface area contributed by atoms with E-state index in [2.05, 4.69) is 45.1 Å². The molecule has 2 aromatic rings. The summed E-state index contributed by atoms with van der Waals surface area (Å²) in [5.41, 5.74) is 1.85. The smallest absolute Gasteiger partial charge is 0.282 e. The van der Waals surface area contributed by atoms with Gasteiger partial charge in [-0.3, -0.25) is 4.79 Å². The molecule has 0 spiro atoms. The lowest BCUT2D eigenvalue weighted by molar-refractivity contribution is 0.697. The van der Waals surface area contributed by atoms with E-state index in [9.17, 15) is 4.79 Å². The monoisotopic (exact) mass is 350 g/mol. The quantitative estimate of drug-likeness (QED) is 0.828. The van der Waals surface area contributed by atoms with Gasteiger partial charge in [0, 0.05) is 39.9 Å². The average Bonchev–Trinajstić information content (AvgIpc) is 2.51. The zero-order valence-corrected chi connectivity index (χ0v) is 14.0. The number of hydrogen-bond donors (Lipinski definition) is 0. The summed E-state index contributed by atoms with van der Waals surface area (Å²) in [6, 6.07) is 10.2. The maximum absolute atomic E-state index is 11.9. The first-order chi connectivity index (χ1) is 10.0. The van der Waals surface area contributed by atoms with Crippen molar-refractivity contribution in [2.24, 2.45) is 7.05 Å². The van der Waals surface area contributed by atoms with E-state index >= 15 is 0 Å². The summed E-state index contributed by atoms with van der Waals surface area (Å²) >= 11 is 3.35. The molecule has 0 aliphatic carbocycles. The molecule has 1 aromatic carbocycles. The van der Waals surface area contributed by atoms with Crippen molar-refractivity contribution in [3.63, 3.8) is 0 Å². The number of rotatable bonds is 5. The minimum Gasteiger partial charge on any atom is -0.373 e. The van der Waals surface area contributed by atoms with Crippen LogP contribution < -0.4 is 15.4 Å². The predicted molar refractivity (Wildman–Crippen MR) is 90.2 cm³/mol. The van der Waals surface area contributed by atoms with Crippen molar-refractivity contribution >= 4 is 27.3 Å². The van der Waals surface area contributed by atoms with Crippen LogP contribution in [-0.4, -0.2) is 37.0 Å². The molecule has 0 radical (unpaired) electrons. The molecule has 5 nitrogen and oxygen atoms in total. The summed E-state index contributed by atoms with van der Waals surface area (Å²) in [6.45, 7) is 1.64. The highest BCUT2D eigenvalue weighted by molar-refractivity contribution is 9.10. The maximum atomic E-state index is 11.9. The van der Waals surface area contributed by atoms with E-state index in [1.807, 2.05) is 30.1 Å². The minimum absolute atomic E-state index is 0.129. The van der Waals surface area contributed by atoms with Crippen molar-refractivity contribution < 1.29 is 0 Å². The van der Waals surface area contributed by atoms with Crippen molar-refractivity contribution in [1.82, 2.24) is 9.78 Å². The Hall–Kier alpha value is -1.82. The summed E-state index contributed by atoms with van der Waals surface area (Å²) < 4.78 is 1.86. The van der Waals surface area contributed by atoms with Crippen molar-refractivity contribution in [1.29, 1.82) is 0 Å². The lowest BCUT2D eigenvalue weighted by atomic mass is 10.3. The van der Waals surface area contributed by atoms with Gasteiger partial charge in [-0.2, -0.15) is 5.10 Å². The lowest BCUT2D eigenvalue weighted by Gasteiger charge is -2.25. The number of likely N-dealkylation sites (N-methyl/N-ethyl adjacent to an activating group) is 2. The number of halogens is 1. The first kappa shape index (κ1) is 15.6. The van der Waals surface area contributed by atoms with Gasteiger partial charge in [0.2, 0.25) is 0 Å². The minimum atomic E-state index is -0.129. The molecule has 0 unspecified atom stereocenters. The molecular formula is C15H19BrN4O. The van der Waals surface area contributed by atoms with E-state index in [1.165, 1.54) is 10.4 Å². The molecule has 1 heterocycles. The number of nitrogens with zero attached hydrogens (tertiary/aromatic N) is 4. The predicted octanol–water partition coefficient (Wildman–Crippen LogP) is 2.12. The standard InChI is InChI=1S/C15H19BrN4O/c1-18(12-7-5-4-6-8-12)9-10-19(2)13-11-17-20(3)15(21)14(13)16/h4-8,11H,9-10H2,1-3H3. The molecular weight excluding hydrogens is 332 g/mol. The van der Waals surface area contributed by atoms with Crippen molar-refractivity contribution in [2.75, 3.05) is 37.0 Å². The molecule has 1 aromatic heterocycles. The Morgan fingerprint density at radius 1 is 1.14 bits per heavy atom. The van der Waals surface area contributed by atoms with Crippen LogP contribution in [-0.2, 0) is 7.05 Å². The maximum Gasteiger partial charge on any atom is 0.282 e. The van der Waals surface area contributed by atoms with E-state index in [0.29, 0.717) is 4.47 Å². The van der Waals surface area contributed by atoms with Crippen LogP contribution in [0.2, 0.25) is 0 Å². The van der Waals surface area contributed by atoms with Gasteiger partial charge in [0.25, 0.3) is 5.56 Å². The number of para-hydroxylation sites is 1. The fourth-order valence-corrected chi connectivity index (χ4v) is 2.66. The van der Waals surface area contributed by atoms with Crippen LogP contribution >= 0.6 is 15.9 Å². The topological polar surface area (TPSA) is 41.4 Å². The van der Waals surface area contributed by atoms with Crippen LogP contribution in [0.4, 0.5) is 11.4 Å². The molecule has 0 bridgehead atoms. The second-order valence-electron chi connectivity index (χ2n) is 4.95. The zero-order chi connectivity index (χ0) is 15.4. The van der Waals surface area contributed by atoms with E-state index in [-0.39, 0.29) is 5.56 Å². The Morgan fingerprint density at radius 3 is 2.43 bits per heavy atom. The molecule has 112 valence electrons. The van der Waals surface area contributed by atoms with Gasteiger partial charge in [-0.15, -0.1) is 0 Å². The van der Waals surface area contributed by atoms with Crippen LogP contribution in [0.5, 0.6) is 0 Å². The van der Waals surface area contributed by atoms with Gasteiger partial charge in [-0.1, -0.05) is 18.2 Å². The molecule has 0 amide bonds. The SMILES string of the molecule is CN(CCN(C)c1cnn(C)c(=O)c1Br)c1ccccc1. The third kappa shape index (κ3) is 3.64. The van der Waals surface area contributed by atoms with E-state index < -0.39 is 0 Å². The molecule has 0 aliphatic rings. The fourth-order valence-electron chi connectivity index (χ4n) is 2.00.